The number of likely N-dealkylation sites (N-methyl/N-ethyl adjacent to an activating group) is 1. The van der Waals surface area contributed by atoms with E-state index in [9.17, 15) is 0 Å². The lowest BCUT2D eigenvalue weighted by Gasteiger charge is -2.31. The van der Waals surface area contributed by atoms with Crippen molar-refractivity contribution in [2.75, 3.05) is 25.2 Å². The van der Waals surface area contributed by atoms with Crippen LogP contribution in [-0.4, -0.2) is 32.3 Å². The molecule has 0 bridgehead atoms. The second-order valence-corrected chi connectivity index (χ2v) is 6.10. The monoisotopic (exact) mass is 342 g/mol. The average Bonchev–Trinajstić information content (AvgIpc) is 2.42. The number of benzene rings is 1. The summed E-state index contributed by atoms with van der Waals surface area (Å²) in [5.41, 5.74) is 8.52. The van der Waals surface area contributed by atoms with Gasteiger partial charge in [0.15, 0.2) is 0 Å². The third-order valence-electron chi connectivity index (χ3n) is 3.62. The molecule has 0 aliphatic rings. The molecular weight excluding hydrogens is 316 g/mol. The van der Waals surface area contributed by atoms with Crippen molar-refractivity contribution in [3.63, 3.8) is 0 Å². The molecule has 114 valence electrons. The van der Waals surface area contributed by atoms with Crippen molar-refractivity contribution in [3.8, 4) is 0 Å². The lowest BCUT2D eigenvalue weighted by Crippen LogP contribution is -2.36. The highest BCUT2D eigenvalue weighted by Gasteiger charge is 2.15. The minimum absolute atomic E-state index is 0.238. The van der Waals surface area contributed by atoms with E-state index in [1.54, 1.807) is 7.11 Å². The Morgan fingerprint density at radius 1 is 1.35 bits per heavy atom. The lowest BCUT2D eigenvalue weighted by atomic mass is 10.0. The Balaban J connectivity index is 2.90. The Morgan fingerprint density at radius 3 is 2.55 bits per heavy atom. The van der Waals surface area contributed by atoms with Crippen LogP contribution in [0.25, 0.3) is 0 Å². The van der Waals surface area contributed by atoms with Crippen molar-refractivity contribution in [1.29, 1.82) is 0 Å². The number of anilines is 1. The summed E-state index contributed by atoms with van der Waals surface area (Å²) in [6.45, 7) is 8.15. The van der Waals surface area contributed by atoms with Gasteiger partial charge in [-0.25, -0.2) is 0 Å². The van der Waals surface area contributed by atoms with Gasteiger partial charge in [-0.15, -0.1) is 0 Å². The fraction of sp³-hybridized carbons (Fsp3) is 0.625. The summed E-state index contributed by atoms with van der Waals surface area (Å²) in [6.07, 6.45) is 1.93. The van der Waals surface area contributed by atoms with E-state index in [0.717, 1.165) is 30.5 Å². The predicted octanol–water partition coefficient (Wildman–Crippen LogP) is 3.59. The van der Waals surface area contributed by atoms with Crippen molar-refractivity contribution in [2.24, 2.45) is 5.73 Å². The first-order valence-electron chi connectivity index (χ1n) is 7.33. The Bertz CT molecular complexity index is 411. The van der Waals surface area contributed by atoms with Crippen molar-refractivity contribution in [2.45, 2.75) is 45.7 Å². The first-order valence-corrected chi connectivity index (χ1v) is 8.12. The summed E-state index contributed by atoms with van der Waals surface area (Å²) < 4.78 is 6.39. The van der Waals surface area contributed by atoms with Gasteiger partial charge in [0.1, 0.15) is 0 Å². The number of halogens is 1. The Labute approximate surface area is 131 Å². The third-order valence-corrected chi connectivity index (χ3v) is 4.26. The summed E-state index contributed by atoms with van der Waals surface area (Å²) in [5.74, 6) is 0. The highest BCUT2D eigenvalue weighted by molar-refractivity contribution is 9.10. The first-order chi connectivity index (χ1) is 9.53. The minimum atomic E-state index is 0.238. The smallest absolute Gasteiger partial charge is 0.0663 e. The van der Waals surface area contributed by atoms with Crippen LogP contribution in [0.1, 0.15) is 32.8 Å². The topological polar surface area (TPSA) is 38.5 Å². The first kappa shape index (κ1) is 17.5. The van der Waals surface area contributed by atoms with Gasteiger partial charge in [0, 0.05) is 30.2 Å². The summed E-state index contributed by atoms with van der Waals surface area (Å²) >= 11 is 3.70. The second kappa shape index (κ2) is 8.65. The number of methoxy groups -OCH3 is 1. The zero-order chi connectivity index (χ0) is 15.1. The molecule has 0 aliphatic heterocycles. The van der Waals surface area contributed by atoms with E-state index < -0.39 is 0 Å². The molecule has 20 heavy (non-hydrogen) atoms. The van der Waals surface area contributed by atoms with Crippen LogP contribution in [0.15, 0.2) is 22.7 Å². The molecule has 0 aromatic heterocycles. The second-order valence-electron chi connectivity index (χ2n) is 5.25. The Kier molecular flexibility index (Phi) is 7.56. The molecule has 2 N–H and O–H groups in total. The van der Waals surface area contributed by atoms with Gasteiger partial charge in [-0.3, -0.25) is 0 Å². The number of hydrogen-bond acceptors (Lipinski definition) is 3. The molecule has 1 rings (SSSR count). The fourth-order valence-electron chi connectivity index (χ4n) is 2.41. The van der Waals surface area contributed by atoms with Crippen molar-refractivity contribution in [3.05, 3.63) is 28.2 Å². The maximum atomic E-state index is 6.02. The van der Waals surface area contributed by atoms with Gasteiger partial charge in [0.2, 0.25) is 0 Å². The molecule has 4 heteroatoms. The van der Waals surface area contributed by atoms with E-state index in [0.29, 0.717) is 6.04 Å². The van der Waals surface area contributed by atoms with Crippen LogP contribution in [0.3, 0.4) is 0 Å². The summed E-state index contributed by atoms with van der Waals surface area (Å²) in [4.78, 5) is 2.34. The molecule has 2 unspecified atom stereocenters. The summed E-state index contributed by atoms with van der Waals surface area (Å²) in [5, 5.41) is 0. The van der Waals surface area contributed by atoms with Gasteiger partial charge in [-0.2, -0.15) is 0 Å². The van der Waals surface area contributed by atoms with Gasteiger partial charge >= 0.3 is 0 Å². The van der Waals surface area contributed by atoms with Crippen LogP contribution in [0.5, 0.6) is 0 Å². The van der Waals surface area contributed by atoms with E-state index in [2.05, 4.69) is 59.8 Å². The zero-order valence-electron chi connectivity index (χ0n) is 13.0. The maximum absolute atomic E-state index is 6.02. The molecule has 0 aliphatic carbocycles. The van der Waals surface area contributed by atoms with E-state index in [4.69, 9.17) is 10.5 Å². The predicted molar refractivity (Wildman–Crippen MR) is 90.5 cm³/mol. The molecule has 1 aromatic rings. The Hall–Kier alpha value is -0.580. The average molecular weight is 343 g/mol. The third kappa shape index (κ3) is 4.76. The van der Waals surface area contributed by atoms with Gasteiger partial charge < -0.3 is 15.4 Å². The SMILES string of the molecule is CCC(N)Cc1ccc(N(CC)C(C)COC)c(Br)c1. The van der Waals surface area contributed by atoms with Crippen LogP contribution in [0, 0.1) is 0 Å². The molecular formula is C16H27BrN2O. The highest BCUT2D eigenvalue weighted by atomic mass is 79.9. The molecule has 0 radical (unpaired) electrons. The fourth-order valence-corrected chi connectivity index (χ4v) is 3.06. The molecule has 1 aromatic carbocycles. The molecule has 0 saturated carbocycles. The molecule has 3 nitrogen and oxygen atoms in total. The van der Waals surface area contributed by atoms with Crippen LogP contribution in [0.2, 0.25) is 0 Å². The van der Waals surface area contributed by atoms with E-state index in [1.807, 2.05) is 0 Å². The summed E-state index contributed by atoms with van der Waals surface area (Å²) in [6, 6.07) is 7.13. The van der Waals surface area contributed by atoms with Gasteiger partial charge in [0.25, 0.3) is 0 Å². The number of ether oxygens (including phenoxy) is 1. The van der Waals surface area contributed by atoms with Crippen LogP contribution >= 0.6 is 15.9 Å². The minimum Gasteiger partial charge on any atom is -0.383 e. The normalized spacial score (nSPS) is 14.1. The van der Waals surface area contributed by atoms with Crippen LogP contribution in [0.4, 0.5) is 5.69 Å². The molecule has 0 spiro atoms. The van der Waals surface area contributed by atoms with Crippen LogP contribution < -0.4 is 10.6 Å². The van der Waals surface area contributed by atoms with E-state index in [-0.39, 0.29) is 6.04 Å². The van der Waals surface area contributed by atoms with E-state index >= 15 is 0 Å². The molecule has 0 amide bonds. The molecule has 2 atom stereocenters. The summed E-state index contributed by atoms with van der Waals surface area (Å²) in [7, 11) is 1.74. The lowest BCUT2D eigenvalue weighted by molar-refractivity contribution is 0.182. The Morgan fingerprint density at radius 2 is 2.05 bits per heavy atom. The zero-order valence-corrected chi connectivity index (χ0v) is 14.6. The quantitative estimate of drug-likeness (QED) is 0.784. The number of nitrogens with two attached hydrogens (primary N) is 1. The molecule has 0 saturated heterocycles. The maximum Gasteiger partial charge on any atom is 0.0663 e. The highest BCUT2D eigenvalue weighted by Crippen LogP contribution is 2.29. The van der Waals surface area contributed by atoms with Crippen molar-refractivity contribution < 1.29 is 4.74 Å². The van der Waals surface area contributed by atoms with E-state index in [1.165, 1.54) is 11.3 Å². The van der Waals surface area contributed by atoms with Gasteiger partial charge in [-0.05, 0) is 60.3 Å². The molecule has 0 fully saturated rings. The largest absolute Gasteiger partial charge is 0.383 e. The van der Waals surface area contributed by atoms with Crippen LogP contribution in [-0.2, 0) is 11.2 Å². The standard InChI is InChI=1S/C16H27BrN2O/c1-5-14(18)9-13-7-8-16(15(17)10-13)19(6-2)12(3)11-20-4/h7-8,10,12,14H,5-6,9,11,18H2,1-4H3. The van der Waals surface area contributed by atoms with Crippen molar-refractivity contribution in [1.82, 2.24) is 0 Å². The van der Waals surface area contributed by atoms with Gasteiger partial charge in [-0.1, -0.05) is 13.0 Å². The van der Waals surface area contributed by atoms with Gasteiger partial charge in [0.05, 0.1) is 12.3 Å². The number of rotatable bonds is 8. The number of nitrogens with zero attached hydrogens (tertiary/aromatic N) is 1. The molecule has 0 heterocycles. The van der Waals surface area contributed by atoms with Crippen molar-refractivity contribution >= 4 is 21.6 Å². The number of hydrogen-bond donors (Lipinski definition) is 1.